The number of aliphatic imine (C=N–C) groups is 1. The Morgan fingerprint density at radius 2 is 1.76 bits per heavy atom. The number of urea groups is 1. The van der Waals surface area contributed by atoms with Crippen LogP contribution in [0.2, 0.25) is 5.02 Å². The Labute approximate surface area is 268 Å². The van der Waals surface area contributed by atoms with Crippen molar-refractivity contribution in [1.29, 1.82) is 0 Å². The van der Waals surface area contributed by atoms with Crippen LogP contribution in [0.15, 0.2) is 77.8 Å². The predicted molar refractivity (Wildman–Crippen MR) is 172 cm³/mol. The molecule has 0 saturated carbocycles. The molecule has 45 heavy (non-hydrogen) atoms. The molecule has 0 radical (unpaired) electrons. The Morgan fingerprint density at radius 1 is 1.07 bits per heavy atom. The molecule has 11 heteroatoms. The average Bonchev–Trinajstić information content (AvgIpc) is 3.20. The standard InChI is InChI=1S/C34H39ClN4O6/c1-5-28(22-11-13-24(14-12-22)32(41)31(40)23-9-7-6-8-10-23)37-34(43)39-20-30(38-45-21(2)3)36-19-26(33(39)42)17-25-18-27(35)15-16-29(25)44-4/h6-16,18,21,26,28,32,41H,5,17,19-20H2,1-4H3,(H,36,38)(H,37,43)/t26-,28-,32?/m1/s1. The molecule has 1 heterocycles. The maximum Gasteiger partial charge on any atom is 0.325 e. The van der Waals surface area contributed by atoms with Gasteiger partial charge in [-0.15, -0.1) is 0 Å². The number of methoxy groups -OCH3 is 1. The third kappa shape index (κ3) is 8.69. The van der Waals surface area contributed by atoms with Crippen molar-refractivity contribution >= 4 is 35.2 Å². The second kappa shape index (κ2) is 15.7. The maximum atomic E-state index is 13.9. The lowest BCUT2D eigenvalue weighted by Gasteiger charge is -2.27. The number of hydrogen-bond donors (Lipinski definition) is 3. The molecule has 1 aliphatic rings. The van der Waals surface area contributed by atoms with E-state index in [4.69, 9.17) is 21.2 Å². The molecule has 3 atom stereocenters. The van der Waals surface area contributed by atoms with Gasteiger partial charge in [0.05, 0.1) is 38.3 Å². The molecule has 0 fully saturated rings. The Balaban J connectivity index is 1.52. The Hall–Kier alpha value is -4.25. The number of amides is 3. The van der Waals surface area contributed by atoms with Gasteiger partial charge in [0.15, 0.2) is 5.78 Å². The SMILES string of the molecule is CC[C@@H](NC(=O)N1CC(NOC(C)C)=NC[C@@H](Cc2cc(Cl)ccc2OC)C1=O)c1ccc(C(O)C(=O)c2ccccc2)cc1. The van der Waals surface area contributed by atoms with Crippen molar-refractivity contribution in [2.45, 2.75) is 51.9 Å². The summed E-state index contributed by atoms with van der Waals surface area (Å²) in [6, 6.07) is 19.6. The number of carbonyl (C=O) groups is 3. The summed E-state index contributed by atoms with van der Waals surface area (Å²) in [5, 5.41) is 14.2. The third-order valence-electron chi connectivity index (χ3n) is 7.46. The first-order valence-corrected chi connectivity index (χ1v) is 15.3. The zero-order valence-electron chi connectivity index (χ0n) is 25.8. The van der Waals surface area contributed by atoms with Crippen LogP contribution in [0.1, 0.15) is 66.4 Å². The summed E-state index contributed by atoms with van der Waals surface area (Å²) in [5.41, 5.74) is 5.14. The van der Waals surface area contributed by atoms with Gasteiger partial charge in [0.1, 0.15) is 17.7 Å². The van der Waals surface area contributed by atoms with E-state index < -0.39 is 35.8 Å². The zero-order valence-corrected chi connectivity index (χ0v) is 26.6. The van der Waals surface area contributed by atoms with E-state index in [1.807, 2.05) is 20.8 Å². The minimum atomic E-state index is -1.32. The second-order valence-electron chi connectivity index (χ2n) is 11.0. The molecule has 0 spiro atoms. The number of Topliss-reactive ketones (excluding diaryl/α,β-unsaturated/α-hetero) is 1. The summed E-state index contributed by atoms with van der Waals surface area (Å²) in [6.45, 7) is 5.63. The van der Waals surface area contributed by atoms with E-state index in [0.29, 0.717) is 34.2 Å². The topological polar surface area (TPSA) is 130 Å². The molecular weight excluding hydrogens is 596 g/mol. The summed E-state index contributed by atoms with van der Waals surface area (Å²) < 4.78 is 5.48. The minimum Gasteiger partial charge on any atom is -0.496 e. The lowest BCUT2D eigenvalue weighted by atomic mass is 9.96. The normalized spacial score (nSPS) is 16.4. The van der Waals surface area contributed by atoms with Gasteiger partial charge in [-0.25, -0.2) is 4.79 Å². The summed E-state index contributed by atoms with van der Waals surface area (Å²) in [7, 11) is 1.55. The first-order valence-electron chi connectivity index (χ1n) is 14.9. The Morgan fingerprint density at radius 3 is 2.40 bits per heavy atom. The number of rotatable bonds is 11. The van der Waals surface area contributed by atoms with Crippen molar-refractivity contribution in [1.82, 2.24) is 15.7 Å². The van der Waals surface area contributed by atoms with E-state index in [9.17, 15) is 19.5 Å². The van der Waals surface area contributed by atoms with Crippen LogP contribution in [0, 0.1) is 5.92 Å². The van der Waals surface area contributed by atoms with Crippen LogP contribution < -0.4 is 15.5 Å². The van der Waals surface area contributed by atoms with Crippen LogP contribution in [0.3, 0.4) is 0 Å². The number of benzene rings is 3. The molecule has 0 aliphatic carbocycles. The smallest absolute Gasteiger partial charge is 0.325 e. The van der Waals surface area contributed by atoms with Crippen LogP contribution in [0.4, 0.5) is 4.79 Å². The van der Waals surface area contributed by atoms with Gasteiger partial charge in [-0.05, 0) is 61.6 Å². The van der Waals surface area contributed by atoms with Crippen LogP contribution in [-0.2, 0) is 16.1 Å². The van der Waals surface area contributed by atoms with E-state index in [1.54, 1.807) is 79.9 Å². The first-order chi connectivity index (χ1) is 21.6. The molecule has 238 valence electrons. The number of hydroxylamine groups is 1. The van der Waals surface area contributed by atoms with Gasteiger partial charge in [0, 0.05) is 10.6 Å². The Kier molecular flexibility index (Phi) is 11.7. The lowest BCUT2D eigenvalue weighted by molar-refractivity contribution is -0.131. The number of halogens is 1. The van der Waals surface area contributed by atoms with Gasteiger partial charge in [-0.2, -0.15) is 0 Å². The summed E-state index contributed by atoms with van der Waals surface area (Å²) in [5.74, 6) is -0.525. The number of amidine groups is 1. The van der Waals surface area contributed by atoms with Crippen molar-refractivity contribution in [3.63, 3.8) is 0 Å². The van der Waals surface area contributed by atoms with Gasteiger partial charge in [0.2, 0.25) is 5.91 Å². The third-order valence-corrected chi connectivity index (χ3v) is 7.69. The van der Waals surface area contributed by atoms with E-state index >= 15 is 0 Å². The van der Waals surface area contributed by atoms with Crippen molar-refractivity contribution in [3.05, 3.63) is 100 Å². The number of ketones is 1. The highest BCUT2D eigenvalue weighted by molar-refractivity contribution is 6.30. The van der Waals surface area contributed by atoms with Gasteiger partial charge in [0.25, 0.3) is 0 Å². The van der Waals surface area contributed by atoms with Gasteiger partial charge >= 0.3 is 6.03 Å². The predicted octanol–water partition coefficient (Wildman–Crippen LogP) is 5.45. The number of carbonyl (C=O) groups excluding carboxylic acids is 3. The number of ether oxygens (including phenoxy) is 1. The highest BCUT2D eigenvalue weighted by atomic mass is 35.5. The minimum absolute atomic E-state index is 0.107. The molecule has 0 bridgehead atoms. The highest BCUT2D eigenvalue weighted by Gasteiger charge is 2.34. The number of hydrogen-bond acceptors (Lipinski definition) is 8. The molecular formula is C34H39ClN4O6. The fourth-order valence-electron chi connectivity index (χ4n) is 5.01. The molecule has 3 N–H and O–H groups in total. The van der Waals surface area contributed by atoms with Crippen molar-refractivity contribution in [2.75, 3.05) is 20.2 Å². The summed E-state index contributed by atoms with van der Waals surface area (Å²) in [6.07, 6.45) is -0.692. The van der Waals surface area contributed by atoms with Crippen molar-refractivity contribution in [2.24, 2.45) is 10.9 Å². The number of aliphatic hydroxyl groups is 1. The maximum absolute atomic E-state index is 13.9. The fraction of sp³-hybridized carbons (Fsp3) is 0.353. The number of nitrogens with one attached hydrogen (secondary N) is 2. The number of imide groups is 1. The lowest BCUT2D eigenvalue weighted by Crippen LogP contribution is -2.50. The molecule has 1 aliphatic heterocycles. The van der Waals surface area contributed by atoms with Crippen LogP contribution in [0.25, 0.3) is 0 Å². The van der Waals surface area contributed by atoms with E-state index in [-0.39, 0.29) is 25.6 Å². The second-order valence-corrected chi connectivity index (χ2v) is 11.5. The molecule has 0 aromatic heterocycles. The molecule has 10 nitrogen and oxygen atoms in total. The molecule has 1 unspecified atom stereocenters. The number of nitrogens with zero attached hydrogens (tertiary/aromatic N) is 2. The summed E-state index contributed by atoms with van der Waals surface area (Å²) in [4.78, 5) is 51.5. The average molecular weight is 635 g/mol. The van der Waals surface area contributed by atoms with Gasteiger partial charge in [-0.3, -0.25) is 29.8 Å². The monoisotopic (exact) mass is 634 g/mol. The first kappa shape index (κ1) is 33.6. The van der Waals surface area contributed by atoms with E-state index in [0.717, 1.165) is 16.0 Å². The highest BCUT2D eigenvalue weighted by Crippen LogP contribution is 2.28. The molecule has 3 aromatic rings. The van der Waals surface area contributed by atoms with Gasteiger partial charge < -0.3 is 15.2 Å². The molecule has 0 saturated heterocycles. The summed E-state index contributed by atoms with van der Waals surface area (Å²) >= 11 is 6.24. The van der Waals surface area contributed by atoms with Gasteiger partial charge in [-0.1, -0.05) is 73.1 Å². The van der Waals surface area contributed by atoms with Crippen molar-refractivity contribution in [3.8, 4) is 5.75 Å². The van der Waals surface area contributed by atoms with Crippen molar-refractivity contribution < 1.29 is 29.1 Å². The fourth-order valence-corrected chi connectivity index (χ4v) is 5.21. The van der Waals surface area contributed by atoms with Crippen LogP contribution >= 0.6 is 11.6 Å². The largest absolute Gasteiger partial charge is 0.496 e. The van der Waals surface area contributed by atoms with E-state index in [2.05, 4.69) is 15.8 Å². The Bertz CT molecular complexity index is 1510. The zero-order chi connectivity index (χ0) is 32.5. The van der Waals surface area contributed by atoms with Crippen LogP contribution in [0.5, 0.6) is 5.75 Å². The molecule has 3 amide bonds. The van der Waals surface area contributed by atoms with E-state index in [1.165, 1.54) is 0 Å². The number of aliphatic hydroxyl groups excluding tert-OH is 1. The molecule has 4 rings (SSSR count). The van der Waals surface area contributed by atoms with Crippen LogP contribution in [-0.4, -0.2) is 59.9 Å². The molecule has 3 aromatic carbocycles. The quantitative estimate of drug-likeness (QED) is 0.189.